The highest BCUT2D eigenvalue weighted by Crippen LogP contribution is 2.34. The number of hydrogen-bond donors (Lipinski definition) is 1. The van der Waals surface area contributed by atoms with Crippen LogP contribution in [0.15, 0.2) is 45.5 Å². The Balaban J connectivity index is 1.55. The molecule has 1 aliphatic rings. The van der Waals surface area contributed by atoms with E-state index in [0.29, 0.717) is 25.2 Å². The highest BCUT2D eigenvalue weighted by atomic mass is 19.1. The summed E-state index contributed by atoms with van der Waals surface area (Å²) in [6, 6.07) is 7.82. The number of ether oxygens (including phenoxy) is 1. The summed E-state index contributed by atoms with van der Waals surface area (Å²) in [5.74, 6) is -0.461. The molecular formula is C20H20FN3O5. The Labute approximate surface area is 166 Å². The molecule has 2 aromatic heterocycles. The van der Waals surface area contributed by atoms with Crippen molar-refractivity contribution < 1.29 is 28.0 Å². The number of methoxy groups -OCH3 is 1. The molecule has 152 valence electrons. The smallest absolute Gasteiger partial charge is 0.343 e. The number of benzene rings is 1. The van der Waals surface area contributed by atoms with Gasteiger partial charge in [0.25, 0.3) is 0 Å². The predicted octanol–water partition coefficient (Wildman–Crippen LogP) is 3.10. The first-order chi connectivity index (χ1) is 14.1. The largest absolute Gasteiger partial charge is 0.494 e. The molecule has 4 rings (SSSR count). The first-order valence-corrected chi connectivity index (χ1v) is 9.13. The van der Waals surface area contributed by atoms with Gasteiger partial charge in [0.15, 0.2) is 28.7 Å². The number of furan rings is 1. The Hall–Kier alpha value is -3.33. The van der Waals surface area contributed by atoms with Crippen molar-refractivity contribution >= 4 is 11.8 Å². The molecule has 29 heavy (non-hydrogen) atoms. The number of halogens is 1. The molecule has 1 saturated heterocycles. The maximum atomic E-state index is 13.7. The van der Waals surface area contributed by atoms with Crippen molar-refractivity contribution in [2.24, 2.45) is 0 Å². The van der Waals surface area contributed by atoms with E-state index in [9.17, 15) is 14.3 Å². The van der Waals surface area contributed by atoms with Gasteiger partial charge in [-0.1, -0.05) is 5.16 Å². The van der Waals surface area contributed by atoms with Gasteiger partial charge in [-0.25, -0.2) is 9.18 Å². The van der Waals surface area contributed by atoms with Crippen molar-refractivity contribution in [3.8, 4) is 17.1 Å². The van der Waals surface area contributed by atoms with Crippen LogP contribution in [0.3, 0.4) is 0 Å². The molecule has 1 aromatic carbocycles. The highest BCUT2D eigenvalue weighted by molar-refractivity contribution is 5.99. The van der Waals surface area contributed by atoms with Crippen LogP contribution in [0.5, 0.6) is 5.75 Å². The van der Waals surface area contributed by atoms with Gasteiger partial charge in [0.2, 0.25) is 0 Å². The standard InChI is InChI=1S/C20H20FN3O5/c1-27-16-11-13(4-5-15(16)21)18-17(20(25)26)19(22-29-18)24-8-6-23(7-9-24)12-14-3-2-10-28-14/h2-5,10-11H,6-9,12H2,1H3,(H,25,26). The second-order valence-electron chi connectivity index (χ2n) is 6.71. The average Bonchev–Trinajstić information content (AvgIpc) is 3.39. The van der Waals surface area contributed by atoms with Gasteiger partial charge in [-0.3, -0.25) is 4.90 Å². The molecule has 0 aliphatic carbocycles. The summed E-state index contributed by atoms with van der Waals surface area (Å²) in [4.78, 5) is 16.1. The SMILES string of the molecule is COc1cc(-c2onc(N3CCN(Cc4ccco4)CC3)c2C(=O)O)ccc1F. The van der Waals surface area contributed by atoms with Crippen LogP contribution in [0.25, 0.3) is 11.3 Å². The van der Waals surface area contributed by atoms with Gasteiger partial charge in [0.1, 0.15) is 5.76 Å². The van der Waals surface area contributed by atoms with E-state index < -0.39 is 11.8 Å². The average molecular weight is 401 g/mol. The number of anilines is 1. The van der Waals surface area contributed by atoms with Crippen molar-refractivity contribution in [3.63, 3.8) is 0 Å². The molecule has 0 radical (unpaired) electrons. The van der Waals surface area contributed by atoms with E-state index in [4.69, 9.17) is 13.7 Å². The van der Waals surface area contributed by atoms with Gasteiger partial charge in [-0.05, 0) is 30.3 Å². The molecule has 1 fully saturated rings. The lowest BCUT2D eigenvalue weighted by atomic mass is 10.1. The number of piperazine rings is 1. The zero-order valence-electron chi connectivity index (χ0n) is 15.8. The molecule has 1 N–H and O–H groups in total. The summed E-state index contributed by atoms with van der Waals surface area (Å²) >= 11 is 0. The maximum absolute atomic E-state index is 13.7. The van der Waals surface area contributed by atoms with E-state index in [0.717, 1.165) is 18.8 Å². The van der Waals surface area contributed by atoms with Crippen LogP contribution >= 0.6 is 0 Å². The quantitative estimate of drug-likeness (QED) is 0.674. The first kappa shape index (κ1) is 19.0. The Morgan fingerprint density at radius 2 is 2.07 bits per heavy atom. The summed E-state index contributed by atoms with van der Waals surface area (Å²) in [7, 11) is 1.34. The zero-order chi connectivity index (χ0) is 20.4. The molecule has 3 aromatic rings. The van der Waals surface area contributed by atoms with Gasteiger partial charge >= 0.3 is 5.97 Å². The van der Waals surface area contributed by atoms with Gasteiger partial charge < -0.3 is 23.7 Å². The third-order valence-electron chi connectivity index (χ3n) is 4.93. The van der Waals surface area contributed by atoms with Crippen LogP contribution in [0, 0.1) is 5.82 Å². The van der Waals surface area contributed by atoms with Gasteiger partial charge in [0.05, 0.1) is 19.9 Å². The molecule has 8 nitrogen and oxygen atoms in total. The predicted molar refractivity (Wildman–Crippen MR) is 102 cm³/mol. The van der Waals surface area contributed by atoms with Crippen molar-refractivity contribution in [2.45, 2.75) is 6.54 Å². The number of nitrogens with zero attached hydrogens (tertiary/aromatic N) is 3. The minimum Gasteiger partial charge on any atom is -0.494 e. The minimum absolute atomic E-state index is 0.00308. The van der Waals surface area contributed by atoms with Gasteiger partial charge in [0, 0.05) is 31.7 Å². The fourth-order valence-electron chi connectivity index (χ4n) is 3.43. The Morgan fingerprint density at radius 1 is 1.28 bits per heavy atom. The van der Waals surface area contributed by atoms with E-state index in [1.165, 1.54) is 25.3 Å². The van der Waals surface area contributed by atoms with Crippen molar-refractivity contribution in [3.05, 3.63) is 53.7 Å². The van der Waals surface area contributed by atoms with Crippen molar-refractivity contribution in [1.29, 1.82) is 0 Å². The Bertz CT molecular complexity index is 994. The normalized spacial score (nSPS) is 14.9. The number of carboxylic acids is 1. The van der Waals surface area contributed by atoms with E-state index in [-0.39, 0.29) is 22.9 Å². The molecule has 9 heteroatoms. The molecule has 0 spiro atoms. The molecule has 0 amide bonds. The second kappa shape index (κ2) is 7.96. The first-order valence-electron chi connectivity index (χ1n) is 9.13. The fourth-order valence-corrected chi connectivity index (χ4v) is 3.43. The monoisotopic (exact) mass is 401 g/mol. The summed E-state index contributed by atoms with van der Waals surface area (Å²) in [6.45, 7) is 3.35. The number of carboxylic acid groups (broad SMARTS) is 1. The van der Waals surface area contributed by atoms with Crippen LogP contribution in [0.4, 0.5) is 10.2 Å². The third kappa shape index (κ3) is 3.81. The number of aromatic carboxylic acids is 1. The molecule has 0 bridgehead atoms. The van der Waals surface area contributed by atoms with Crippen LogP contribution < -0.4 is 9.64 Å². The fraction of sp³-hybridized carbons (Fsp3) is 0.300. The summed E-state index contributed by atoms with van der Waals surface area (Å²) < 4.78 is 29.4. The lowest BCUT2D eigenvalue weighted by Gasteiger charge is -2.34. The number of rotatable bonds is 6. The van der Waals surface area contributed by atoms with Crippen LogP contribution in [-0.4, -0.2) is 54.4 Å². The molecule has 0 unspecified atom stereocenters. The summed E-state index contributed by atoms with van der Waals surface area (Å²) in [5, 5.41) is 13.8. The summed E-state index contributed by atoms with van der Waals surface area (Å²) in [5.41, 5.74) is 0.342. The topological polar surface area (TPSA) is 92.2 Å². The van der Waals surface area contributed by atoms with Crippen LogP contribution in [0.1, 0.15) is 16.1 Å². The zero-order valence-corrected chi connectivity index (χ0v) is 15.8. The lowest BCUT2D eigenvalue weighted by molar-refractivity contribution is 0.0697. The maximum Gasteiger partial charge on any atom is 0.343 e. The second-order valence-corrected chi connectivity index (χ2v) is 6.71. The number of carbonyl (C=O) groups is 1. The Morgan fingerprint density at radius 3 is 2.72 bits per heavy atom. The molecular weight excluding hydrogens is 381 g/mol. The minimum atomic E-state index is -1.16. The summed E-state index contributed by atoms with van der Waals surface area (Å²) in [6.07, 6.45) is 1.64. The van der Waals surface area contributed by atoms with Crippen molar-refractivity contribution in [2.75, 3.05) is 38.2 Å². The van der Waals surface area contributed by atoms with Gasteiger partial charge in [-0.2, -0.15) is 0 Å². The van der Waals surface area contributed by atoms with E-state index in [2.05, 4.69) is 10.1 Å². The molecule has 3 heterocycles. The molecule has 1 aliphatic heterocycles. The Kier molecular flexibility index (Phi) is 5.22. The van der Waals surface area contributed by atoms with Crippen LogP contribution in [0.2, 0.25) is 0 Å². The highest BCUT2D eigenvalue weighted by Gasteiger charge is 2.30. The van der Waals surface area contributed by atoms with Crippen molar-refractivity contribution in [1.82, 2.24) is 10.1 Å². The van der Waals surface area contributed by atoms with E-state index >= 15 is 0 Å². The van der Waals surface area contributed by atoms with Crippen LogP contribution in [-0.2, 0) is 6.54 Å². The third-order valence-corrected chi connectivity index (χ3v) is 4.93. The molecule has 0 saturated carbocycles. The number of aromatic nitrogens is 1. The molecule has 0 atom stereocenters. The lowest BCUT2D eigenvalue weighted by Crippen LogP contribution is -2.46. The van der Waals surface area contributed by atoms with E-state index in [1.54, 1.807) is 6.26 Å². The van der Waals surface area contributed by atoms with Gasteiger partial charge in [-0.15, -0.1) is 0 Å². The van der Waals surface area contributed by atoms with E-state index in [1.807, 2.05) is 17.0 Å². The number of hydrogen-bond acceptors (Lipinski definition) is 7.